The average Bonchev–Trinajstić information content (AvgIpc) is 3.01. The van der Waals surface area contributed by atoms with E-state index in [1.165, 1.54) is 0 Å². The molecule has 0 aliphatic rings. The first-order valence-electron chi connectivity index (χ1n) is 7.68. The fourth-order valence-electron chi connectivity index (χ4n) is 2.17. The van der Waals surface area contributed by atoms with E-state index in [0.29, 0.717) is 11.5 Å². The molecule has 0 aliphatic heterocycles. The number of benzene rings is 1. The molecule has 6 nitrogen and oxygen atoms in total. The highest BCUT2D eigenvalue weighted by Crippen LogP contribution is 2.21. The Hall–Kier alpha value is -2.34. The molecular weight excluding hydrogens is 294 g/mol. The van der Waals surface area contributed by atoms with Crippen molar-refractivity contribution >= 4 is 6.09 Å². The number of amides is 1. The summed E-state index contributed by atoms with van der Waals surface area (Å²) in [5.41, 5.74) is 1.48. The summed E-state index contributed by atoms with van der Waals surface area (Å²) in [6.07, 6.45) is 0.493. The summed E-state index contributed by atoms with van der Waals surface area (Å²) in [4.78, 5) is 19.4. The number of rotatable bonds is 6. The van der Waals surface area contributed by atoms with Gasteiger partial charge in [0.05, 0.1) is 17.8 Å². The van der Waals surface area contributed by atoms with Crippen molar-refractivity contribution in [1.82, 2.24) is 15.3 Å². The van der Waals surface area contributed by atoms with E-state index in [0.717, 1.165) is 5.56 Å². The van der Waals surface area contributed by atoms with Crippen LogP contribution in [0.15, 0.2) is 36.5 Å². The molecule has 0 aliphatic carbocycles. The normalized spacial score (nSPS) is 13.6. The fraction of sp³-hybridized carbons (Fsp3) is 0.412. The van der Waals surface area contributed by atoms with Gasteiger partial charge in [-0.15, -0.1) is 0 Å². The van der Waals surface area contributed by atoms with Crippen molar-refractivity contribution in [3.8, 4) is 0 Å². The fourth-order valence-corrected chi connectivity index (χ4v) is 2.17. The SMILES string of the molecule is CC(O)c1c[nH]c([C@@H](NC(=O)OCc2ccccc2)C(C)C)n1. The third kappa shape index (κ3) is 4.82. The number of carbonyl (C=O) groups is 1. The predicted octanol–water partition coefficient (Wildman–Crippen LogP) is 3.09. The summed E-state index contributed by atoms with van der Waals surface area (Å²) in [5.74, 6) is 0.722. The van der Waals surface area contributed by atoms with Crippen LogP contribution in [0.1, 0.15) is 50.0 Å². The molecule has 6 heteroatoms. The molecule has 0 saturated heterocycles. The molecule has 0 spiro atoms. The second kappa shape index (κ2) is 7.78. The molecule has 124 valence electrons. The average molecular weight is 317 g/mol. The lowest BCUT2D eigenvalue weighted by Crippen LogP contribution is -2.33. The number of ether oxygens (including phenoxy) is 1. The first-order valence-corrected chi connectivity index (χ1v) is 7.68. The van der Waals surface area contributed by atoms with Gasteiger partial charge in [-0.3, -0.25) is 0 Å². The van der Waals surface area contributed by atoms with Crippen LogP contribution >= 0.6 is 0 Å². The molecule has 0 bridgehead atoms. The molecule has 2 atom stereocenters. The number of carbonyl (C=O) groups excluding carboxylic acids is 1. The topological polar surface area (TPSA) is 87.2 Å². The Morgan fingerprint density at radius 2 is 2.00 bits per heavy atom. The van der Waals surface area contributed by atoms with Crippen molar-refractivity contribution in [3.63, 3.8) is 0 Å². The molecule has 0 saturated carbocycles. The number of aliphatic hydroxyl groups is 1. The number of aliphatic hydroxyl groups excluding tert-OH is 1. The van der Waals surface area contributed by atoms with E-state index in [1.807, 2.05) is 44.2 Å². The van der Waals surface area contributed by atoms with Crippen molar-refractivity contribution < 1.29 is 14.6 Å². The van der Waals surface area contributed by atoms with Crippen LogP contribution in [-0.2, 0) is 11.3 Å². The number of imidazole rings is 1. The zero-order valence-electron chi connectivity index (χ0n) is 13.6. The number of nitrogens with zero attached hydrogens (tertiary/aromatic N) is 1. The molecule has 1 heterocycles. The number of alkyl carbamates (subject to hydrolysis) is 1. The van der Waals surface area contributed by atoms with E-state index in [-0.39, 0.29) is 18.6 Å². The Bertz CT molecular complexity index is 623. The van der Waals surface area contributed by atoms with Gasteiger partial charge in [-0.05, 0) is 18.4 Å². The molecular formula is C17H23N3O3. The number of H-pyrrole nitrogens is 1. The van der Waals surface area contributed by atoms with Gasteiger partial charge in [-0.25, -0.2) is 9.78 Å². The number of hydrogen-bond acceptors (Lipinski definition) is 4. The summed E-state index contributed by atoms with van der Waals surface area (Å²) in [7, 11) is 0. The molecule has 1 aromatic heterocycles. The summed E-state index contributed by atoms with van der Waals surface area (Å²) >= 11 is 0. The summed E-state index contributed by atoms with van der Waals surface area (Å²) in [5, 5.41) is 12.4. The van der Waals surface area contributed by atoms with Gasteiger partial charge in [0.15, 0.2) is 0 Å². The predicted molar refractivity (Wildman–Crippen MR) is 86.6 cm³/mol. The second-order valence-corrected chi connectivity index (χ2v) is 5.81. The van der Waals surface area contributed by atoms with Crippen LogP contribution < -0.4 is 5.32 Å². The highest BCUT2D eigenvalue weighted by molar-refractivity contribution is 5.67. The van der Waals surface area contributed by atoms with E-state index in [2.05, 4.69) is 15.3 Å². The molecule has 3 N–H and O–H groups in total. The molecule has 23 heavy (non-hydrogen) atoms. The van der Waals surface area contributed by atoms with E-state index in [9.17, 15) is 9.90 Å². The molecule has 0 fully saturated rings. The van der Waals surface area contributed by atoms with Crippen LogP contribution in [-0.4, -0.2) is 21.2 Å². The van der Waals surface area contributed by atoms with Crippen LogP contribution in [0.3, 0.4) is 0 Å². The first-order chi connectivity index (χ1) is 11.0. The van der Waals surface area contributed by atoms with Gasteiger partial charge in [0.1, 0.15) is 12.4 Å². The number of aromatic nitrogens is 2. The smallest absolute Gasteiger partial charge is 0.408 e. The van der Waals surface area contributed by atoms with Crippen LogP contribution in [0.5, 0.6) is 0 Å². The summed E-state index contributed by atoms with van der Waals surface area (Å²) in [6.45, 7) is 5.82. The maximum absolute atomic E-state index is 12.0. The Labute approximate surface area is 135 Å². The lowest BCUT2D eigenvalue weighted by atomic mass is 10.0. The minimum Gasteiger partial charge on any atom is -0.445 e. The van der Waals surface area contributed by atoms with E-state index >= 15 is 0 Å². The van der Waals surface area contributed by atoms with Gasteiger partial charge in [0.25, 0.3) is 0 Å². The number of hydrogen-bond donors (Lipinski definition) is 3. The van der Waals surface area contributed by atoms with Crippen molar-refractivity contribution in [2.24, 2.45) is 5.92 Å². The Balaban J connectivity index is 1.97. The number of nitrogens with one attached hydrogen (secondary N) is 2. The summed E-state index contributed by atoms with van der Waals surface area (Å²) in [6, 6.07) is 9.19. The molecule has 2 aromatic rings. The zero-order valence-corrected chi connectivity index (χ0v) is 13.6. The maximum Gasteiger partial charge on any atom is 0.408 e. The third-order valence-electron chi connectivity index (χ3n) is 3.49. The first kappa shape index (κ1) is 17.0. The quantitative estimate of drug-likeness (QED) is 0.764. The van der Waals surface area contributed by atoms with Crippen molar-refractivity contribution in [3.05, 3.63) is 53.6 Å². The lowest BCUT2D eigenvalue weighted by molar-refractivity contribution is 0.132. The molecule has 1 unspecified atom stereocenters. The van der Waals surface area contributed by atoms with Crippen LogP contribution in [0.2, 0.25) is 0 Å². The van der Waals surface area contributed by atoms with Gasteiger partial charge in [-0.1, -0.05) is 44.2 Å². The van der Waals surface area contributed by atoms with Crippen LogP contribution in [0.4, 0.5) is 4.79 Å². The maximum atomic E-state index is 12.0. The highest BCUT2D eigenvalue weighted by Gasteiger charge is 2.22. The largest absolute Gasteiger partial charge is 0.445 e. The number of aromatic amines is 1. The molecule has 1 amide bonds. The zero-order chi connectivity index (χ0) is 16.8. The minimum atomic E-state index is -0.655. The summed E-state index contributed by atoms with van der Waals surface area (Å²) < 4.78 is 5.24. The van der Waals surface area contributed by atoms with Gasteiger partial charge in [0, 0.05) is 6.20 Å². The Morgan fingerprint density at radius 1 is 1.30 bits per heavy atom. The van der Waals surface area contributed by atoms with E-state index in [4.69, 9.17) is 4.74 Å². The van der Waals surface area contributed by atoms with Gasteiger partial charge < -0.3 is 20.1 Å². The van der Waals surface area contributed by atoms with Crippen molar-refractivity contribution in [2.75, 3.05) is 0 Å². The minimum absolute atomic E-state index is 0.118. The second-order valence-electron chi connectivity index (χ2n) is 5.81. The van der Waals surface area contributed by atoms with Gasteiger partial charge in [-0.2, -0.15) is 0 Å². The van der Waals surface area contributed by atoms with E-state index < -0.39 is 12.2 Å². The van der Waals surface area contributed by atoms with E-state index in [1.54, 1.807) is 13.1 Å². The third-order valence-corrected chi connectivity index (χ3v) is 3.49. The monoisotopic (exact) mass is 317 g/mol. The highest BCUT2D eigenvalue weighted by atomic mass is 16.5. The van der Waals surface area contributed by atoms with Gasteiger partial charge in [0.2, 0.25) is 0 Å². The Kier molecular flexibility index (Phi) is 5.76. The molecule has 2 rings (SSSR count). The Morgan fingerprint density at radius 3 is 2.57 bits per heavy atom. The van der Waals surface area contributed by atoms with Crippen molar-refractivity contribution in [2.45, 2.75) is 39.5 Å². The van der Waals surface area contributed by atoms with Crippen LogP contribution in [0, 0.1) is 5.92 Å². The molecule has 1 aromatic carbocycles. The lowest BCUT2D eigenvalue weighted by Gasteiger charge is -2.20. The van der Waals surface area contributed by atoms with Crippen LogP contribution in [0.25, 0.3) is 0 Å². The standard InChI is InChI=1S/C17H23N3O3/c1-11(2)15(16-18-9-14(19-16)12(3)21)20-17(22)23-10-13-7-5-4-6-8-13/h4-9,11-12,15,21H,10H2,1-3H3,(H,18,19)(H,20,22)/t12?,15-/m0/s1. The van der Waals surface area contributed by atoms with Crippen molar-refractivity contribution in [1.29, 1.82) is 0 Å². The molecule has 0 radical (unpaired) electrons. The van der Waals surface area contributed by atoms with Gasteiger partial charge >= 0.3 is 6.09 Å².